The average molecular weight is 287 g/mol. The Morgan fingerprint density at radius 3 is 2.30 bits per heavy atom. The highest BCUT2D eigenvalue weighted by Crippen LogP contribution is 2.30. The third kappa shape index (κ3) is 5.05. The zero-order valence-corrected chi connectivity index (χ0v) is 11.2. The largest absolute Gasteiger partial charge is 0.416 e. The molecule has 0 saturated carbocycles. The Hall–Kier alpha value is -1.82. The summed E-state index contributed by atoms with van der Waals surface area (Å²) in [5.41, 5.74) is -0.503. The number of hydrogen-bond donors (Lipinski definition) is 1. The highest BCUT2D eigenvalue weighted by atomic mass is 19.4. The topological polar surface area (TPSA) is 40.5 Å². The number of nitrogens with zero attached hydrogens (tertiary/aromatic N) is 1. The first-order valence-electron chi connectivity index (χ1n) is 5.93. The second-order valence-electron chi connectivity index (χ2n) is 4.59. The van der Waals surface area contributed by atoms with E-state index in [0.29, 0.717) is 0 Å². The fourth-order valence-electron chi connectivity index (χ4n) is 1.50. The van der Waals surface area contributed by atoms with E-state index >= 15 is 0 Å². The first-order chi connectivity index (χ1) is 9.20. The highest BCUT2D eigenvalue weighted by Gasteiger charge is 2.30. The number of hydrogen-bond acceptors (Lipinski definition) is 3. The molecule has 1 N–H and O–H groups in total. The average Bonchev–Trinajstić information content (AvgIpc) is 2.35. The molecule has 1 unspecified atom stereocenters. The second kappa shape index (κ2) is 6.56. The van der Waals surface area contributed by atoms with E-state index in [2.05, 4.69) is 0 Å². The van der Waals surface area contributed by atoms with Crippen LogP contribution in [0.3, 0.4) is 0 Å². The Balaban J connectivity index is 2.69. The first kappa shape index (κ1) is 16.2. The lowest BCUT2D eigenvalue weighted by Crippen LogP contribution is -2.08. The number of carbonyl (C=O) groups excluding carboxylic acids is 1. The molecular formula is C14H16F3NO2. The van der Waals surface area contributed by atoms with Crippen LogP contribution in [0, 0.1) is 0 Å². The Bertz CT molecular complexity index is 478. The molecule has 0 aromatic heterocycles. The van der Waals surface area contributed by atoms with Crippen molar-refractivity contribution in [1.82, 2.24) is 4.90 Å². The number of aliphatic hydroxyl groups excluding tert-OH is 1. The van der Waals surface area contributed by atoms with Gasteiger partial charge in [0.1, 0.15) is 0 Å². The van der Waals surface area contributed by atoms with Crippen molar-refractivity contribution < 1.29 is 23.1 Å². The molecule has 110 valence electrons. The normalized spacial score (nSPS) is 13.5. The van der Waals surface area contributed by atoms with Crippen molar-refractivity contribution in [2.45, 2.75) is 18.7 Å². The quantitative estimate of drug-likeness (QED) is 0.847. The van der Waals surface area contributed by atoms with Gasteiger partial charge in [-0.1, -0.05) is 12.1 Å². The van der Waals surface area contributed by atoms with E-state index in [4.69, 9.17) is 0 Å². The van der Waals surface area contributed by atoms with Crippen LogP contribution in [-0.4, -0.2) is 29.9 Å². The van der Waals surface area contributed by atoms with Crippen LogP contribution in [0.2, 0.25) is 0 Å². The van der Waals surface area contributed by atoms with Crippen molar-refractivity contribution in [3.05, 3.63) is 47.7 Å². The van der Waals surface area contributed by atoms with Gasteiger partial charge in [-0.2, -0.15) is 13.2 Å². The van der Waals surface area contributed by atoms with Gasteiger partial charge in [0.05, 0.1) is 11.7 Å². The predicted molar refractivity (Wildman–Crippen MR) is 68.9 cm³/mol. The van der Waals surface area contributed by atoms with Crippen molar-refractivity contribution in [1.29, 1.82) is 0 Å². The molecule has 1 aromatic rings. The summed E-state index contributed by atoms with van der Waals surface area (Å²) in [4.78, 5) is 13.2. The second-order valence-corrected chi connectivity index (χ2v) is 4.59. The number of alkyl halides is 3. The fraction of sp³-hybridized carbons (Fsp3) is 0.357. The van der Waals surface area contributed by atoms with Gasteiger partial charge in [-0.3, -0.25) is 4.79 Å². The van der Waals surface area contributed by atoms with Crippen LogP contribution < -0.4 is 0 Å². The number of allylic oxidation sites excluding steroid dienone is 1. The van der Waals surface area contributed by atoms with Crippen molar-refractivity contribution in [2.75, 3.05) is 14.1 Å². The molecule has 0 heterocycles. The number of ketones is 1. The predicted octanol–water partition coefficient (Wildman–Crippen LogP) is 2.77. The molecule has 0 aliphatic carbocycles. The summed E-state index contributed by atoms with van der Waals surface area (Å²) < 4.78 is 37.1. The van der Waals surface area contributed by atoms with Gasteiger partial charge < -0.3 is 10.0 Å². The van der Waals surface area contributed by atoms with Gasteiger partial charge in [0, 0.05) is 26.7 Å². The third-order valence-corrected chi connectivity index (χ3v) is 2.58. The maximum Gasteiger partial charge on any atom is 0.416 e. The van der Waals surface area contributed by atoms with E-state index in [0.717, 1.165) is 12.1 Å². The first-order valence-corrected chi connectivity index (χ1v) is 5.93. The molecule has 1 rings (SSSR count). The van der Waals surface area contributed by atoms with E-state index in [-0.39, 0.29) is 17.8 Å². The molecule has 3 nitrogen and oxygen atoms in total. The Morgan fingerprint density at radius 1 is 1.30 bits per heavy atom. The summed E-state index contributed by atoms with van der Waals surface area (Å²) in [5, 5.41) is 9.80. The van der Waals surface area contributed by atoms with E-state index < -0.39 is 17.8 Å². The standard InChI is InChI=1S/C14H16F3NO2/c1-18(2)8-7-12(19)9-13(20)10-3-5-11(6-4-10)14(15,16)17/h3-8,13,20H,9H2,1-2H3/b8-7+. The minimum atomic E-state index is -4.41. The molecule has 1 aromatic carbocycles. The van der Waals surface area contributed by atoms with Crippen molar-refractivity contribution in [3.8, 4) is 0 Å². The van der Waals surface area contributed by atoms with Gasteiger partial charge in [-0.05, 0) is 23.8 Å². The molecule has 6 heteroatoms. The summed E-state index contributed by atoms with van der Waals surface area (Å²) in [6.45, 7) is 0. The van der Waals surface area contributed by atoms with E-state index in [1.807, 2.05) is 0 Å². The minimum Gasteiger partial charge on any atom is -0.388 e. The number of halogens is 3. The molecule has 0 spiro atoms. The van der Waals surface area contributed by atoms with E-state index in [1.165, 1.54) is 18.2 Å². The lowest BCUT2D eigenvalue weighted by molar-refractivity contribution is -0.137. The molecule has 0 radical (unpaired) electrons. The molecular weight excluding hydrogens is 271 g/mol. The van der Waals surface area contributed by atoms with Crippen LogP contribution in [0.15, 0.2) is 36.5 Å². The smallest absolute Gasteiger partial charge is 0.388 e. The van der Waals surface area contributed by atoms with Crippen LogP contribution >= 0.6 is 0 Å². The van der Waals surface area contributed by atoms with Gasteiger partial charge in [-0.15, -0.1) is 0 Å². The molecule has 0 fully saturated rings. The summed E-state index contributed by atoms with van der Waals surface area (Å²) >= 11 is 0. The summed E-state index contributed by atoms with van der Waals surface area (Å²) in [7, 11) is 3.49. The molecule has 20 heavy (non-hydrogen) atoms. The monoisotopic (exact) mass is 287 g/mol. The number of aliphatic hydroxyl groups is 1. The lowest BCUT2D eigenvalue weighted by atomic mass is 10.0. The van der Waals surface area contributed by atoms with Gasteiger partial charge >= 0.3 is 6.18 Å². The molecule has 0 aliphatic heterocycles. The zero-order valence-electron chi connectivity index (χ0n) is 11.2. The number of carbonyl (C=O) groups is 1. The summed E-state index contributed by atoms with van der Waals surface area (Å²) in [6, 6.07) is 4.13. The van der Waals surface area contributed by atoms with Crippen LogP contribution in [0.25, 0.3) is 0 Å². The minimum absolute atomic E-state index is 0.171. The fourth-order valence-corrected chi connectivity index (χ4v) is 1.50. The van der Waals surface area contributed by atoms with Gasteiger partial charge in [-0.25, -0.2) is 0 Å². The Labute approximate surface area is 115 Å². The Morgan fingerprint density at radius 2 is 1.85 bits per heavy atom. The van der Waals surface area contributed by atoms with Gasteiger partial charge in [0.25, 0.3) is 0 Å². The van der Waals surface area contributed by atoms with Crippen LogP contribution in [0.1, 0.15) is 23.7 Å². The van der Waals surface area contributed by atoms with Crippen LogP contribution in [0.4, 0.5) is 13.2 Å². The van der Waals surface area contributed by atoms with Crippen molar-refractivity contribution in [3.63, 3.8) is 0 Å². The van der Waals surface area contributed by atoms with Gasteiger partial charge in [0.2, 0.25) is 0 Å². The number of rotatable bonds is 5. The maximum atomic E-state index is 12.4. The van der Waals surface area contributed by atoms with E-state index in [9.17, 15) is 23.1 Å². The molecule has 0 saturated heterocycles. The molecule has 0 amide bonds. The molecule has 1 atom stereocenters. The zero-order chi connectivity index (χ0) is 15.3. The maximum absolute atomic E-state index is 12.4. The summed E-state index contributed by atoms with van der Waals surface area (Å²) in [5.74, 6) is -0.300. The molecule has 0 bridgehead atoms. The lowest BCUT2D eigenvalue weighted by Gasteiger charge is -2.11. The van der Waals surface area contributed by atoms with Crippen molar-refractivity contribution >= 4 is 5.78 Å². The van der Waals surface area contributed by atoms with Gasteiger partial charge in [0.15, 0.2) is 5.78 Å². The van der Waals surface area contributed by atoms with Crippen LogP contribution in [-0.2, 0) is 11.0 Å². The van der Waals surface area contributed by atoms with Crippen LogP contribution in [0.5, 0.6) is 0 Å². The SMILES string of the molecule is CN(C)/C=C/C(=O)CC(O)c1ccc(C(F)(F)F)cc1. The van der Waals surface area contributed by atoms with Crippen molar-refractivity contribution in [2.24, 2.45) is 0 Å². The third-order valence-electron chi connectivity index (χ3n) is 2.58. The Kier molecular flexibility index (Phi) is 5.33. The van der Waals surface area contributed by atoms with E-state index in [1.54, 1.807) is 25.2 Å². The summed E-state index contributed by atoms with van der Waals surface area (Å²) in [6.07, 6.45) is -2.84. The highest BCUT2D eigenvalue weighted by molar-refractivity contribution is 5.89. The number of benzene rings is 1. The molecule has 0 aliphatic rings.